The fourth-order valence-corrected chi connectivity index (χ4v) is 3.30. The third-order valence-electron chi connectivity index (χ3n) is 3.18. The number of anilines is 1. The third-order valence-corrected chi connectivity index (χ3v) is 4.75. The molecule has 1 aromatic rings. The zero-order chi connectivity index (χ0) is 14.8. The topological polar surface area (TPSA) is 101 Å². The van der Waals surface area contributed by atoms with Crippen molar-refractivity contribution in [1.82, 2.24) is 5.32 Å². The van der Waals surface area contributed by atoms with E-state index in [1.165, 1.54) is 18.2 Å². The second-order valence-electron chi connectivity index (χ2n) is 4.80. The molecule has 4 N–H and O–H groups in total. The average molecular weight is 362 g/mol. The molecule has 0 saturated carbocycles. The highest BCUT2D eigenvalue weighted by molar-refractivity contribution is 9.10. The minimum atomic E-state index is -3.74. The first-order valence-electron chi connectivity index (χ1n) is 6.19. The summed E-state index contributed by atoms with van der Waals surface area (Å²) < 4.78 is 22.9. The minimum absolute atomic E-state index is 0.00219. The lowest BCUT2D eigenvalue weighted by atomic mass is 10.0. The van der Waals surface area contributed by atoms with E-state index in [2.05, 4.69) is 26.6 Å². The summed E-state index contributed by atoms with van der Waals surface area (Å²) in [6.45, 7) is 1.81. The molecule has 1 aliphatic rings. The van der Waals surface area contributed by atoms with Gasteiger partial charge in [-0.25, -0.2) is 13.6 Å². The van der Waals surface area contributed by atoms with Gasteiger partial charge in [0.25, 0.3) is 0 Å². The Kier molecular flexibility index (Phi) is 4.79. The second-order valence-corrected chi connectivity index (χ2v) is 7.21. The lowest BCUT2D eigenvalue weighted by Gasteiger charge is -2.11. The number of nitrogens with two attached hydrogens (primary N) is 1. The van der Waals surface area contributed by atoms with Crippen molar-refractivity contribution in [2.45, 2.75) is 17.7 Å². The van der Waals surface area contributed by atoms with Gasteiger partial charge >= 0.3 is 0 Å². The van der Waals surface area contributed by atoms with E-state index in [-0.39, 0.29) is 10.8 Å². The number of hydrogen-bond donors (Lipinski definition) is 3. The van der Waals surface area contributed by atoms with Crippen LogP contribution in [0.25, 0.3) is 0 Å². The van der Waals surface area contributed by atoms with Crippen LogP contribution in [0.4, 0.5) is 5.69 Å². The van der Waals surface area contributed by atoms with Crippen molar-refractivity contribution in [1.29, 1.82) is 0 Å². The van der Waals surface area contributed by atoms with Crippen molar-refractivity contribution in [3.63, 3.8) is 0 Å². The molecule has 0 aromatic heterocycles. The lowest BCUT2D eigenvalue weighted by molar-refractivity contribution is -0.116. The van der Waals surface area contributed by atoms with Crippen LogP contribution in [-0.4, -0.2) is 27.4 Å². The van der Waals surface area contributed by atoms with E-state index in [0.717, 1.165) is 19.5 Å². The normalized spacial score (nSPS) is 19.0. The van der Waals surface area contributed by atoms with E-state index in [9.17, 15) is 13.2 Å². The number of amides is 1. The Morgan fingerprint density at radius 2 is 2.25 bits per heavy atom. The number of nitrogens with one attached hydrogen (secondary N) is 2. The molecule has 110 valence electrons. The molecule has 0 spiro atoms. The highest BCUT2D eigenvalue weighted by Gasteiger charge is 2.19. The lowest BCUT2D eigenvalue weighted by Crippen LogP contribution is -2.18. The van der Waals surface area contributed by atoms with Crippen molar-refractivity contribution in [2.24, 2.45) is 11.1 Å². The number of sulfonamides is 1. The molecule has 0 radical (unpaired) electrons. The van der Waals surface area contributed by atoms with Gasteiger partial charge in [-0.1, -0.05) is 0 Å². The van der Waals surface area contributed by atoms with E-state index >= 15 is 0 Å². The Morgan fingerprint density at radius 1 is 1.50 bits per heavy atom. The van der Waals surface area contributed by atoms with E-state index in [0.29, 0.717) is 22.5 Å². The minimum Gasteiger partial charge on any atom is -0.325 e. The molecule has 1 unspecified atom stereocenters. The molecule has 8 heteroatoms. The van der Waals surface area contributed by atoms with Crippen LogP contribution in [0.2, 0.25) is 0 Å². The molecule has 20 heavy (non-hydrogen) atoms. The van der Waals surface area contributed by atoms with Crippen LogP contribution in [0.5, 0.6) is 0 Å². The molecule has 1 atom stereocenters. The van der Waals surface area contributed by atoms with Gasteiger partial charge < -0.3 is 10.6 Å². The predicted molar refractivity (Wildman–Crippen MR) is 79.7 cm³/mol. The number of carbonyl (C=O) groups excluding carboxylic acids is 1. The van der Waals surface area contributed by atoms with Gasteiger partial charge in [0.15, 0.2) is 0 Å². The molecule has 0 bridgehead atoms. The maximum atomic E-state index is 11.9. The quantitative estimate of drug-likeness (QED) is 0.745. The summed E-state index contributed by atoms with van der Waals surface area (Å²) in [6, 6.07) is 4.27. The summed E-state index contributed by atoms with van der Waals surface area (Å²) in [7, 11) is -3.74. The maximum absolute atomic E-state index is 11.9. The van der Waals surface area contributed by atoms with Crippen LogP contribution in [0.3, 0.4) is 0 Å². The summed E-state index contributed by atoms with van der Waals surface area (Å²) in [5.41, 5.74) is 0.536. The van der Waals surface area contributed by atoms with Crippen LogP contribution in [-0.2, 0) is 14.8 Å². The number of carbonyl (C=O) groups is 1. The van der Waals surface area contributed by atoms with E-state index in [4.69, 9.17) is 5.14 Å². The van der Waals surface area contributed by atoms with Crippen molar-refractivity contribution in [2.75, 3.05) is 18.4 Å². The number of hydrogen-bond acceptors (Lipinski definition) is 4. The SMILES string of the molecule is NS(=O)(=O)c1ccc(NC(=O)CC2CCNC2)c(Br)c1. The van der Waals surface area contributed by atoms with E-state index < -0.39 is 10.0 Å². The van der Waals surface area contributed by atoms with E-state index in [1.807, 2.05) is 0 Å². The highest BCUT2D eigenvalue weighted by atomic mass is 79.9. The van der Waals surface area contributed by atoms with Gasteiger partial charge in [-0.3, -0.25) is 4.79 Å². The van der Waals surface area contributed by atoms with Crippen molar-refractivity contribution < 1.29 is 13.2 Å². The van der Waals surface area contributed by atoms with Gasteiger partial charge in [0.2, 0.25) is 15.9 Å². The van der Waals surface area contributed by atoms with Crippen LogP contribution < -0.4 is 15.8 Å². The largest absolute Gasteiger partial charge is 0.325 e. The predicted octanol–water partition coefficient (Wildman–Crippen LogP) is 1.03. The fraction of sp³-hybridized carbons (Fsp3) is 0.417. The molecule has 2 rings (SSSR count). The van der Waals surface area contributed by atoms with Gasteiger partial charge in [-0.15, -0.1) is 0 Å². The van der Waals surface area contributed by atoms with Crippen molar-refractivity contribution in [3.8, 4) is 0 Å². The Balaban J connectivity index is 2.04. The average Bonchev–Trinajstić information content (AvgIpc) is 2.83. The molecule has 6 nitrogen and oxygen atoms in total. The number of rotatable bonds is 4. The smallest absolute Gasteiger partial charge is 0.238 e. The van der Waals surface area contributed by atoms with Gasteiger partial charge in [-0.2, -0.15) is 0 Å². The number of halogens is 1. The number of primary sulfonamides is 1. The second kappa shape index (κ2) is 6.21. The first kappa shape index (κ1) is 15.4. The standard InChI is InChI=1S/C12H16BrN3O3S/c13-10-6-9(20(14,18)19)1-2-11(10)16-12(17)5-8-3-4-15-7-8/h1-2,6,8,15H,3-5,7H2,(H,16,17)(H2,14,18,19). The molecule has 1 fully saturated rings. The van der Waals surface area contributed by atoms with Crippen molar-refractivity contribution in [3.05, 3.63) is 22.7 Å². The summed E-state index contributed by atoms with van der Waals surface area (Å²) in [4.78, 5) is 11.9. The Labute approximate surface area is 126 Å². The zero-order valence-electron chi connectivity index (χ0n) is 10.7. The monoisotopic (exact) mass is 361 g/mol. The first-order valence-corrected chi connectivity index (χ1v) is 8.53. The Morgan fingerprint density at radius 3 is 2.80 bits per heavy atom. The summed E-state index contributed by atoms with van der Waals surface area (Å²) in [5, 5.41) is 11.0. The molecular formula is C12H16BrN3O3S. The van der Waals surface area contributed by atoms with Gasteiger partial charge in [-0.05, 0) is 59.6 Å². The number of benzene rings is 1. The third kappa shape index (κ3) is 4.02. The summed E-state index contributed by atoms with van der Waals surface area (Å²) in [6.07, 6.45) is 1.45. The fourth-order valence-electron chi connectivity index (χ4n) is 2.13. The molecule has 1 saturated heterocycles. The van der Waals surface area contributed by atoms with Crippen LogP contribution in [0.1, 0.15) is 12.8 Å². The molecule has 1 amide bonds. The van der Waals surface area contributed by atoms with Crippen molar-refractivity contribution >= 4 is 37.5 Å². The van der Waals surface area contributed by atoms with Gasteiger partial charge in [0.05, 0.1) is 10.6 Å². The summed E-state index contributed by atoms with van der Waals surface area (Å²) >= 11 is 3.23. The summed E-state index contributed by atoms with van der Waals surface area (Å²) in [5.74, 6) is 0.278. The van der Waals surface area contributed by atoms with Gasteiger partial charge in [0, 0.05) is 10.9 Å². The van der Waals surface area contributed by atoms with E-state index in [1.54, 1.807) is 0 Å². The molecule has 0 aliphatic carbocycles. The Bertz CT molecular complexity index is 612. The molecule has 1 aromatic carbocycles. The highest BCUT2D eigenvalue weighted by Crippen LogP contribution is 2.26. The zero-order valence-corrected chi connectivity index (χ0v) is 13.1. The van der Waals surface area contributed by atoms with Crippen LogP contribution in [0, 0.1) is 5.92 Å². The Hall–Kier alpha value is -0.960. The molecule has 1 aliphatic heterocycles. The molecular weight excluding hydrogens is 346 g/mol. The molecule has 1 heterocycles. The van der Waals surface area contributed by atoms with Crippen LogP contribution in [0.15, 0.2) is 27.6 Å². The van der Waals surface area contributed by atoms with Crippen LogP contribution >= 0.6 is 15.9 Å². The van der Waals surface area contributed by atoms with Gasteiger partial charge in [0.1, 0.15) is 0 Å². The first-order chi connectivity index (χ1) is 9.36. The maximum Gasteiger partial charge on any atom is 0.238 e.